The van der Waals surface area contributed by atoms with Crippen LogP contribution in [0.25, 0.3) is 5.69 Å². The number of nitrogens with one attached hydrogen (secondary N) is 1. The maximum absolute atomic E-state index is 12.9. The van der Waals surface area contributed by atoms with Crippen LogP contribution in [0, 0.1) is 5.92 Å². The SMILES string of the molecule is CCCCN(CC(=O)Nc1cc(C(C)(C)C)nn1-c1ccccc1)C(=O)C1CCC1. The van der Waals surface area contributed by atoms with Gasteiger partial charge in [0, 0.05) is 23.9 Å². The average molecular weight is 411 g/mol. The van der Waals surface area contributed by atoms with E-state index in [-0.39, 0.29) is 29.7 Å². The van der Waals surface area contributed by atoms with Crippen LogP contribution in [0.4, 0.5) is 5.82 Å². The van der Waals surface area contributed by atoms with E-state index >= 15 is 0 Å². The van der Waals surface area contributed by atoms with E-state index in [4.69, 9.17) is 5.10 Å². The van der Waals surface area contributed by atoms with Gasteiger partial charge in [0.25, 0.3) is 0 Å². The molecule has 1 aromatic heterocycles. The lowest BCUT2D eigenvalue weighted by Gasteiger charge is -2.31. The van der Waals surface area contributed by atoms with Crippen molar-refractivity contribution < 1.29 is 9.59 Å². The maximum Gasteiger partial charge on any atom is 0.245 e. The van der Waals surface area contributed by atoms with Gasteiger partial charge < -0.3 is 10.2 Å². The number of unbranched alkanes of at least 4 members (excludes halogenated alkanes) is 1. The van der Waals surface area contributed by atoms with Crippen molar-refractivity contribution in [2.45, 2.75) is 65.2 Å². The van der Waals surface area contributed by atoms with Crippen LogP contribution in [-0.4, -0.2) is 39.6 Å². The third kappa shape index (κ3) is 5.29. The first-order valence-electron chi connectivity index (χ1n) is 11.0. The van der Waals surface area contributed by atoms with Gasteiger partial charge in [-0.15, -0.1) is 0 Å². The lowest BCUT2D eigenvalue weighted by atomic mass is 9.84. The van der Waals surface area contributed by atoms with E-state index in [1.54, 1.807) is 9.58 Å². The summed E-state index contributed by atoms with van der Waals surface area (Å²) in [6.07, 6.45) is 4.89. The Kier molecular flexibility index (Phi) is 6.95. The Hall–Kier alpha value is -2.63. The van der Waals surface area contributed by atoms with Gasteiger partial charge in [0.05, 0.1) is 17.9 Å². The quantitative estimate of drug-likeness (QED) is 0.695. The van der Waals surface area contributed by atoms with E-state index in [1.165, 1.54) is 0 Å². The number of para-hydroxylation sites is 1. The highest BCUT2D eigenvalue weighted by molar-refractivity contribution is 5.94. The van der Waals surface area contributed by atoms with Crippen molar-refractivity contribution in [3.05, 3.63) is 42.1 Å². The van der Waals surface area contributed by atoms with E-state index in [1.807, 2.05) is 36.4 Å². The molecule has 1 aliphatic carbocycles. The summed E-state index contributed by atoms with van der Waals surface area (Å²) in [6.45, 7) is 9.10. The molecule has 0 saturated heterocycles. The van der Waals surface area contributed by atoms with Crippen LogP contribution in [0.3, 0.4) is 0 Å². The second-order valence-corrected chi connectivity index (χ2v) is 9.20. The zero-order chi connectivity index (χ0) is 21.7. The molecule has 3 rings (SSSR count). The average Bonchev–Trinajstić information content (AvgIpc) is 3.08. The Morgan fingerprint density at radius 2 is 1.90 bits per heavy atom. The molecule has 6 nitrogen and oxygen atoms in total. The summed E-state index contributed by atoms with van der Waals surface area (Å²) < 4.78 is 1.77. The second kappa shape index (κ2) is 9.45. The van der Waals surface area contributed by atoms with Crippen molar-refractivity contribution >= 4 is 17.6 Å². The summed E-state index contributed by atoms with van der Waals surface area (Å²) in [5.74, 6) is 0.660. The van der Waals surface area contributed by atoms with Crippen LogP contribution in [0.2, 0.25) is 0 Å². The zero-order valence-electron chi connectivity index (χ0n) is 18.6. The molecule has 1 N–H and O–H groups in total. The lowest BCUT2D eigenvalue weighted by Crippen LogP contribution is -2.43. The molecule has 2 amide bonds. The number of aromatic nitrogens is 2. The number of hydrogen-bond donors (Lipinski definition) is 1. The minimum absolute atomic E-state index is 0.0835. The molecule has 0 radical (unpaired) electrons. The number of hydrogen-bond acceptors (Lipinski definition) is 3. The van der Waals surface area contributed by atoms with Crippen LogP contribution in [-0.2, 0) is 15.0 Å². The number of amides is 2. The van der Waals surface area contributed by atoms with E-state index in [0.717, 1.165) is 43.5 Å². The van der Waals surface area contributed by atoms with Gasteiger partial charge in [-0.25, -0.2) is 4.68 Å². The van der Waals surface area contributed by atoms with Crippen molar-refractivity contribution in [1.82, 2.24) is 14.7 Å². The van der Waals surface area contributed by atoms with Crippen LogP contribution in [0.1, 0.15) is 65.5 Å². The van der Waals surface area contributed by atoms with Gasteiger partial charge in [-0.3, -0.25) is 9.59 Å². The molecular weight excluding hydrogens is 376 g/mol. The van der Waals surface area contributed by atoms with Crippen molar-refractivity contribution in [1.29, 1.82) is 0 Å². The predicted octanol–water partition coefficient (Wildman–Crippen LogP) is 4.54. The molecule has 1 aliphatic rings. The molecule has 1 fully saturated rings. The van der Waals surface area contributed by atoms with Crippen molar-refractivity contribution in [3.8, 4) is 5.69 Å². The van der Waals surface area contributed by atoms with Gasteiger partial charge in [0.1, 0.15) is 5.82 Å². The van der Waals surface area contributed by atoms with E-state index in [2.05, 4.69) is 33.0 Å². The number of rotatable bonds is 8. The predicted molar refractivity (Wildman–Crippen MR) is 120 cm³/mol. The van der Waals surface area contributed by atoms with Crippen LogP contribution >= 0.6 is 0 Å². The number of carbonyl (C=O) groups is 2. The molecule has 2 aromatic rings. The first-order valence-corrected chi connectivity index (χ1v) is 11.0. The lowest BCUT2D eigenvalue weighted by molar-refractivity contribution is -0.140. The third-order valence-corrected chi connectivity index (χ3v) is 5.63. The van der Waals surface area contributed by atoms with Gasteiger partial charge in [0.2, 0.25) is 11.8 Å². The largest absolute Gasteiger partial charge is 0.333 e. The van der Waals surface area contributed by atoms with Gasteiger partial charge in [-0.1, -0.05) is 58.7 Å². The van der Waals surface area contributed by atoms with Crippen LogP contribution < -0.4 is 5.32 Å². The van der Waals surface area contributed by atoms with E-state index in [0.29, 0.717) is 12.4 Å². The highest BCUT2D eigenvalue weighted by Gasteiger charge is 2.30. The maximum atomic E-state index is 12.9. The minimum Gasteiger partial charge on any atom is -0.333 e. The van der Waals surface area contributed by atoms with Gasteiger partial charge in [-0.05, 0) is 31.4 Å². The molecule has 6 heteroatoms. The zero-order valence-corrected chi connectivity index (χ0v) is 18.6. The van der Waals surface area contributed by atoms with Crippen molar-refractivity contribution in [2.75, 3.05) is 18.4 Å². The molecule has 1 saturated carbocycles. The fourth-order valence-corrected chi connectivity index (χ4v) is 3.49. The monoisotopic (exact) mass is 410 g/mol. The molecular formula is C24H34N4O2. The van der Waals surface area contributed by atoms with E-state index in [9.17, 15) is 9.59 Å². The number of carbonyl (C=O) groups excluding carboxylic acids is 2. The highest BCUT2D eigenvalue weighted by atomic mass is 16.2. The molecule has 30 heavy (non-hydrogen) atoms. The number of nitrogens with zero attached hydrogens (tertiary/aromatic N) is 3. The molecule has 1 heterocycles. The fourth-order valence-electron chi connectivity index (χ4n) is 3.49. The van der Waals surface area contributed by atoms with Gasteiger partial charge >= 0.3 is 0 Å². The topological polar surface area (TPSA) is 67.2 Å². The Bertz CT molecular complexity index is 863. The van der Waals surface area contributed by atoms with Gasteiger partial charge in [-0.2, -0.15) is 5.10 Å². The van der Waals surface area contributed by atoms with Crippen LogP contribution in [0.15, 0.2) is 36.4 Å². The smallest absolute Gasteiger partial charge is 0.245 e. The van der Waals surface area contributed by atoms with Crippen LogP contribution in [0.5, 0.6) is 0 Å². The Morgan fingerprint density at radius 3 is 2.47 bits per heavy atom. The highest BCUT2D eigenvalue weighted by Crippen LogP contribution is 2.29. The Labute approximate surface area is 179 Å². The van der Waals surface area contributed by atoms with E-state index < -0.39 is 0 Å². The number of benzene rings is 1. The molecule has 0 bridgehead atoms. The number of anilines is 1. The normalized spacial score (nSPS) is 14.3. The summed E-state index contributed by atoms with van der Waals surface area (Å²) in [6, 6.07) is 11.7. The molecule has 162 valence electrons. The Balaban J connectivity index is 1.78. The summed E-state index contributed by atoms with van der Waals surface area (Å²) >= 11 is 0. The summed E-state index contributed by atoms with van der Waals surface area (Å²) in [5, 5.41) is 7.75. The van der Waals surface area contributed by atoms with Crippen molar-refractivity contribution in [3.63, 3.8) is 0 Å². The molecule has 0 spiro atoms. The first-order chi connectivity index (χ1) is 14.3. The Morgan fingerprint density at radius 1 is 1.20 bits per heavy atom. The second-order valence-electron chi connectivity index (χ2n) is 9.20. The van der Waals surface area contributed by atoms with Gasteiger partial charge in [0.15, 0.2) is 0 Å². The summed E-state index contributed by atoms with van der Waals surface area (Å²) in [4.78, 5) is 27.4. The first kappa shape index (κ1) is 22.1. The molecule has 1 aromatic carbocycles. The molecule has 0 atom stereocenters. The summed E-state index contributed by atoms with van der Waals surface area (Å²) in [7, 11) is 0. The minimum atomic E-state index is -0.184. The fraction of sp³-hybridized carbons (Fsp3) is 0.542. The standard InChI is InChI=1S/C24H34N4O2/c1-5-6-15-27(23(30)18-11-10-12-18)17-22(29)25-21-16-20(24(2,3)4)26-28(21)19-13-8-7-9-14-19/h7-9,13-14,16,18H,5-6,10-12,15,17H2,1-4H3,(H,25,29). The molecule has 0 aliphatic heterocycles. The third-order valence-electron chi connectivity index (χ3n) is 5.63. The van der Waals surface area contributed by atoms with Crippen molar-refractivity contribution in [2.24, 2.45) is 5.92 Å². The molecule has 0 unspecified atom stereocenters. The summed E-state index contributed by atoms with van der Waals surface area (Å²) in [5.41, 5.74) is 1.64.